The lowest BCUT2D eigenvalue weighted by atomic mass is 10.2. The van der Waals surface area contributed by atoms with E-state index in [-0.39, 0.29) is 11.3 Å². The number of carbonyl (C=O) groups is 1. The number of aryl methyl sites for hydroxylation is 1. The zero-order valence-corrected chi connectivity index (χ0v) is 12.5. The third kappa shape index (κ3) is 3.34. The normalized spacial score (nSPS) is 10.5. The van der Waals surface area contributed by atoms with Gasteiger partial charge in [-0.3, -0.25) is 9.59 Å². The van der Waals surface area contributed by atoms with Gasteiger partial charge in [0.25, 0.3) is 11.5 Å². The molecule has 2 heterocycles. The monoisotopic (exact) mass is 309 g/mol. The first kappa shape index (κ1) is 14.7. The fourth-order valence-electron chi connectivity index (χ4n) is 2.12. The topological polar surface area (TPSA) is 81.8 Å². The molecule has 23 heavy (non-hydrogen) atoms. The summed E-state index contributed by atoms with van der Waals surface area (Å²) in [5.41, 5.74) is 0.974. The van der Waals surface area contributed by atoms with Gasteiger partial charge >= 0.3 is 0 Å². The molecule has 0 aliphatic rings. The third-order valence-electron chi connectivity index (χ3n) is 3.33. The molecule has 0 atom stereocenters. The van der Waals surface area contributed by atoms with Crippen molar-refractivity contribution < 1.29 is 4.79 Å². The molecule has 0 fully saturated rings. The van der Waals surface area contributed by atoms with Crippen LogP contribution in [0.2, 0.25) is 0 Å². The molecule has 1 aromatic carbocycles. The van der Waals surface area contributed by atoms with Gasteiger partial charge in [0.2, 0.25) is 0 Å². The van der Waals surface area contributed by atoms with Crippen LogP contribution in [-0.2, 0) is 13.6 Å². The minimum atomic E-state index is -0.393. The summed E-state index contributed by atoms with van der Waals surface area (Å²) in [7, 11) is 1.50. The number of anilines is 1. The van der Waals surface area contributed by atoms with Gasteiger partial charge in [-0.25, -0.2) is 9.36 Å². The number of aromatic nitrogens is 4. The molecule has 7 nitrogen and oxygen atoms in total. The summed E-state index contributed by atoms with van der Waals surface area (Å²) in [5, 5.41) is 10.9. The van der Waals surface area contributed by atoms with Gasteiger partial charge in [0.1, 0.15) is 11.5 Å². The molecule has 116 valence electrons. The number of nitrogens with one attached hydrogen (secondary N) is 1. The highest BCUT2D eigenvalue weighted by atomic mass is 16.2. The van der Waals surface area contributed by atoms with Crippen LogP contribution in [-0.4, -0.2) is 25.5 Å². The van der Waals surface area contributed by atoms with Gasteiger partial charge in [-0.15, -0.1) is 0 Å². The van der Waals surface area contributed by atoms with E-state index < -0.39 is 5.91 Å². The van der Waals surface area contributed by atoms with Crippen molar-refractivity contribution in [2.75, 3.05) is 5.32 Å². The Morgan fingerprint density at radius 2 is 1.91 bits per heavy atom. The summed E-state index contributed by atoms with van der Waals surface area (Å²) in [4.78, 5) is 23.6. The molecule has 7 heteroatoms. The van der Waals surface area contributed by atoms with Gasteiger partial charge in [-0.1, -0.05) is 30.3 Å². The lowest BCUT2D eigenvalue weighted by Crippen LogP contribution is -2.24. The molecule has 0 bridgehead atoms. The van der Waals surface area contributed by atoms with E-state index in [1.54, 1.807) is 16.9 Å². The van der Waals surface area contributed by atoms with Crippen molar-refractivity contribution in [1.29, 1.82) is 0 Å². The standard InChI is InChI=1S/C16H15N5O2/c1-20-15(22)8-7-13(19-20)16(23)18-14-9-10-17-21(14)11-12-5-3-2-4-6-12/h2-10H,11H2,1H3,(H,18,23). The first-order valence-corrected chi connectivity index (χ1v) is 7.05. The number of hydrogen-bond acceptors (Lipinski definition) is 4. The zero-order chi connectivity index (χ0) is 16.2. The molecular formula is C16H15N5O2. The molecular weight excluding hydrogens is 294 g/mol. The predicted octanol–water partition coefficient (Wildman–Crippen LogP) is 1.28. The van der Waals surface area contributed by atoms with E-state index in [2.05, 4.69) is 15.5 Å². The minimum absolute atomic E-state index is 0.166. The van der Waals surface area contributed by atoms with E-state index in [0.29, 0.717) is 12.4 Å². The predicted molar refractivity (Wildman–Crippen MR) is 85.2 cm³/mol. The van der Waals surface area contributed by atoms with Gasteiger partial charge < -0.3 is 5.32 Å². The first-order chi connectivity index (χ1) is 11.1. The number of rotatable bonds is 4. The summed E-state index contributed by atoms with van der Waals surface area (Å²) in [6, 6.07) is 14.2. The molecule has 0 saturated heterocycles. The highest BCUT2D eigenvalue weighted by Crippen LogP contribution is 2.11. The highest BCUT2D eigenvalue weighted by Gasteiger charge is 2.12. The largest absolute Gasteiger partial charge is 0.305 e. The van der Waals surface area contributed by atoms with Crippen molar-refractivity contribution in [3.05, 3.63) is 76.3 Å². The van der Waals surface area contributed by atoms with E-state index in [1.165, 1.54) is 19.2 Å². The second kappa shape index (κ2) is 6.27. The van der Waals surface area contributed by atoms with Gasteiger partial charge in [0, 0.05) is 19.2 Å². The molecule has 0 aliphatic carbocycles. The van der Waals surface area contributed by atoms with Crippen LogP contribution < -0.4 is 10.9 Å². The maximum Gasteiger partial charge on any atom is 0.277 e. The Labute approximate surface area is 132 Å². The molecule has 0 spiro atoms. The van der Waals surface area contributed by atoms with E-state index in [0.717, 1.165) is 10.2 Å². The Balaban J connectivity index is 1.78. The molecule has 3 rings (SSSR count). The van der Waals surface area contributed by atoms with Crippen LogP contribution in [0.5, 0.6) is 0 Å². The maximum absolute atomic E-state index is 12.3. The second-order valence-electron chi connectivity index (χ2n) is 4.99. The Hall–Kier alpha value is -3.22. The highest BCUT2D eigenvalue weighted by molar-refractivity contribution is 6.02. The molecule has 0 radical (unpaired) electrons. The molecule has 1 amide bonds. The van der Waals surface area contributed by atoms with Crippen molar-refractivity contribution in [3.8, 4) is 0 Å². The van der Waals surface area contributed by atoms with Crippen LogP contribution in [0.25, 0.3) is 0 Å². The Morgan fingerprint density at radius 1 is 1.13 bits per heavy atom. The van der Waals surface area contributed by atoms with Crippen molar-refractivity contribution in [1.82, 2.24) is 19.6 Å². The second-order valence-corrected chi connectivity index (χ2v) is 4.99. The van der Waals surface area contributed by atoms with E-state index >= 15 is 0 Å². The Kier molecular flexibility index (Phi) is 4.01. The van der Waals surface area contributed by atoms with Gasteiger partial charge in [-0.2, -0.15) is 10.2 Å². The van der Waals surface area contributed by atoms with Gasteiger partial charge in [-0.05, 0) is 11.6 Å². The van der Waals surface area contributed by atoms with Crippen LogP contribution in [0, 0.1) is 0 Å². The lowest BCUT2D eigenvalue weighted by molar-refractivity contribution is 0.101. The van der Waals surface area contributed by atoms with Crippen molar-refractivity contribution >= 4 is 11.7 Å². The summed E-state index contributed by atoms with van der Waals surface area (Å²) in [6.07, 6.45) is 1.62. The number of benzene rings is 1. The Bertz CT molecular complexity index is 883. The van der Waals surface area contributed by atoms with Crippen LogP contribution in [0.3, 0.4) is 0 Å². The minimum Gasteiger partial charge on any atom is -0.305 e. The van der Waals surface area contributed by atoms with E-state index in [9.17, 15) is 9.59 Å². The number of carbonyl (C=O) groups excluding carboxylic acids is 1. The van der Waals surface area contributed by atoms with Crippen molar-refractivity contribution in [3.63, 3.8) is 0 Å². The molecule has 2 aromatic heterocycles. The van der Waals surface area contributed by atoms with Crippen LogP contribution >= 0.6 is 0 Å². The average Bonchev–Trinajstić information content (AvgIpc) is 2.98. The molecule has 3 aromatic rings. The zero-order valence-electron chi connectivity index (χ0n) is 12.5. The SMILES string of the molecule is Cn1nc(C(=O)Nc2ccnn2Cc2ccccc2)ccc1=O. The maximum atomic E-state index is 12.3. The summed E-state index contributed by atoms with van der Waals surface area (Å²) in [5.74, 6) is 0.171. The number of amides is 1. The van der Waals surface area contributed by atoms with Crippen molar-refractivity contribution in [2.24, 2.45) is 7.05 Å². The molecule has 0 aliphatic heterocycles. The summed E-state index contributed by atoms with van der Waals surface area (Å²) >= 11 is 0. The van der Waals surface area contributed by atoms with Crippen molar-refractivity contribution in [2.45, 2.75) is 6.54 Å². The molecule has 1 N–H and O–H groups in total. The van der Waals surface area contributed by atoms with Gasteiger partial charge in [0.05, 0.1) is 12.7 Å². The van der Waals surface area contributed by atoms with Crippen LogP contribution in [0.15, 0.2) is 59.5 Å². The summed E-state index contributed by atoms with van der Waals surface area (Å²) in [6.45, 7) is 0.546. The first-order valence-electron chi connectivity index (χ1n) is 7.05. The quantitative estimate of drug-likeness (QED) is 0.787. The molecule has 0 saturated carbocycles. The fourth-order valence-corrected chi connectivity index (χ4v) is 2.12. The number of hydrogen-bond donors (Lipinski definition) is 1. The fraction of sp³-hybridized carbons (Fsp3) is 0.125. The third-order valence-corrected chi connectivity index (χ3v) is 3.33. The summed E-state index contributed by atoms with van der Waals surface area (Å²) < 4.78 is 2.81. The van der Waals surface area contributed by atoms with Gasteiger partial charge in [0.15, 0.2) is 0 Å². The smallest absolute Gasteiger partial charge is 0.277 e. The Morgan fingerprint density at radius 3 is 2.65 bits per heavy atom. The van der Waals surface area contributed by atoms with Crippen LogP contribution in [0.4, 0.5) is 5.82 Å². The lowest BCUT2D eigenvalue weighted by Gasteiger charge is -2.09. The average molecular weight is 309 g/mol. The van der Waals surface area contributed by atoms with E-state index in [4.69, 9.17) is 0 Å². The van der Waals surface area contributed by atoms with Crippen LogP contribution in [0.1, 0.15) is 16.1 Å². The molecule has 0 unspecified atom stereocenters. The number of nitrogens with zero attached hydrogens (tertiary/aromatic N) is 4. The van der Waals surface area contributed by atoms with E-state index in [1.807, 2.05) is 30.3 Å².